The lowest BCUT2D eigenvalue weighted by molar-refractivity contribution is 0.605. The zero-order valence-electron chi connectivity index (χ0n) is 13.1. The first kappa shape index (κ1) is 16.2. The van der Waals surface area contributed by atoms with Crippen LogP contribution in [-0.4, -0.2) is 26.7 Å². The summed E-state index contributed by atoms with van der Waals surface area (Å²) in [5, 5.41) is 6.72. The lowest BCUT2D eigenvalue weighted by Crippen LogP contribution is -2.20. The van der Waals surface area contributed by atoms with Crippen molar-refractivity contribution in [1.82, 2.24) is 10.6 Å². The fourth-order valence-corrected chi connectivity index (χ4v) is 2.22. The summed E-state index contributed by atoms with van der Waals surface area (Å²) in [6.45, 7) is 10.1. The fraction of sp³-hybridized carbons (Fsp3) is 0.647. The van der Waals surface area contributed by atoms with Crippen LogP contribution in [-0.2, 0) is 6.42 Å². The van der Waals surface area contributed by atoms with E-state index in [2.05, 4.69) is 49.6 Å². The largest absolute Gasteiger partial charge is 0.320 e. The van der Waals surface area contributed by atoms with Crippen LogP contribution in [0.1, 0.15) is 49.3 Å². The third-order valence-corrected chi connectivity index (χ3v) is 3.64. The second-order valence-electron chi connectivity index (χ2n) is 5.65. The molecule has 1 rings (SSSR count). The van der Waals surface area contributed by atoms with Gasteiger partial charge in [0.25, 0.3) is 0 Å². The highest BCUT2D eigenvalue weighted by Gasteiger charge is 2.03. The maximum absolute atomic E-state index is 3.54. The Labute approximate surface area is 119 Å². The Morgan fingerprint density at radius 2 is 1.79 bits per heavy atom. The zero-order valence-corrected chi connectivity index (χ0v) is 13.1. The molecule has 19 heavy (non-hydrogen) atoms. The number of benzene rings is 1. The normalized spacial score (nSPS) is 11.2. The van der Waals surface area contributed by atoms with Gasteiger partial charge in [0, 0.05) is 0 Å². The molecular weight excluding hydrogens is 232 g/mol. The van der Waals surface area contributed by atoms with Crippen LogP contribution in [0.25, 0.3) is 0 Å². The minimum atomic E-state index is 0.619. The van der Waals surface area contributed by atoms with E-state index in [0.717, 1.165) is 26.1 Å². The highest BCUT2D eigenvalue weighted by molar-refractivity contribution is 5.32. The standard InChI is InChI=1S/C17H30N2/c1-14(2)16-8-7-15(3)17(13-16)9-12-19-11-6-5-10-18-4/h7-8,13-14,18-19H,5-6,9-12H2,1-4H3. The van der Waals surface area contributed by atoms with Crippen LogP contribution in [0.3, 0.4) is 0 Å². The number of aryl methyl sites for hydroxylation is 1. The van der Waals surface area contributed by atoms with Gasteiger partial charge in [0.05, 0.1) is 0 Å². The molecule has 108 valence electrons. The average molecular weight is 262 g/mol. The van der Waals surface area contributed by atoms with Crippen molar-refractivity contribution >= 4 is 0 Å². The molecular formula is C17H30N2. The molecule has 0 aliphatic heterocycles. The molecule has 1 aromatic carbocycles. The van der Waals surface area contributed by atoms with Crippen LogP contribution < -0.4 is 10.6 Å². The zero-order chi connectivity index (χ0) is 14.1. The Kier molecular flexibility index (Phi) is 7.76. The van der Waals surface area contributed by atoms with E-state index >= 15 is 0 Å². The van der Waals surface area contributed by atoms with Gasteiger partial charge < -0.3 is 10.6 Å². The van der Waals surface area contributed by atoms with Gasteiger partial charge >= 0.3 is 0 Å². The molecule has 0 radical (unpaired) electrons. The predicted molar refractivity (Wildman–Crippen MR) is 85.0 cm³/mol. The molecule has 0 saturated carbocycles. The molecule has 0 spiro atoms. The average Bonchev–Trinajstić information content (AvgIpc) is 2.39. The molecule has 0 aliphatic carbocycles. The first-order valence-corrected chi connectivity index (χ1v) is 7.60. The Morgan fingerprint density at radius 3 is 2.47 bits per heavy atom. The number of unbranched alkanes of at least 4 members (excludes halogenated alkanes) is 1. The van der Waals surface area contributed by atoms with Crippen molar-refractivity contribution in [1.29, 1.82) is 0 Å². The Bertz CT molecular complexity index is 358. The van der Waals surface area contributed by atoms with Crippen LogP contribution in [0.15, 0.2) is 18.2 Å². The second kappa shape index (κ2) is 9.11. The minimum absolute atomic E-state index is 0.619. The molecule has 0 aliphatic rings. The molecule has 1 aromatic rings. The van der Waals surface area contributed by atoms with Crippen molar-refractivity contribution in [3.8, 4) is 0 Å². The van der Waals surface area contributed by atoms with Crippen molar-refractivity contribution in [2.45, 2.75) is 46.0 Å². The van der Waals surface area contributed by atoms with Crippen LogP contribution >= 0.6 is 0 Å². The van der Waals surface area contributed by atoms with E-state index in [0.29, 0.717) is 5.92 Å². The maximum Gasteiger partial charge on any atom is -0.000825 e. The first-order chi connectivity index (χ1) is 9.15. The van der Waals surface area contributed by atoms with E-state index in [-0.39, 0.29) is 0 Å². The highest BCUT2D eigenvalue weighted by atomic mass is 14.8. The van der Waals surface area contributed by atoms with Gasteiger partial charge in [0.15, 0.2) is 0 Å². The Morgan fingerprint density at radius 1 is 1.05 bits per heavy atom. The molecule has 2 nitrogen and oxygen atoms in total. The fourth-order valence-electron chi connectivity index (χ4n) is 2.22. The van der Waals surface area contributed by atoms with Gasteiger partial charge in [-0.05, 0) is 75.5 Å². The van der Waals surface area contributed by atoms with Crippen molar-refractivity contribution in [2.24, 2.45) is 0 Å². The SMILES string of the molecule is CNCCCCNCCc1cc(C(C)C)ccc1C. The van der Waals surface area contributed by atoms with Gasteiger partial charge in [0.2, 0.25) is 0 Å². The van der Waals surface area contributed by atoms with Crippen LogP contribution in [0, 0.1) is 6.92 Å². The maximum atomic E-state index is 3.54. The van der Waals surface area contributed by atoms with Gasteiger partial charge in [-0.3, -0.25) is 0 Å². The molecule has 2 heteroatoms. The van der Waals surface area contributed by atoms with Crippen molar-refractivity contribution in [3.05, 3.63) is 34.9 Å². The third-order valence-electron chi connectivity index (χ3n) is 3.64. The summed E-state index contributed by atoms with van der Waals surface area (Å²) in [5.41, 5.74) is 4.37. The van der Waals surface area contributed by atoms with Gasteiger partial charge in [-0.1, -0.05) is 32.0 Å². The lowest BCUT2D eigenvalue weighted by atomic mass is 9.96. The first-order valence-electron chi connectivity index (χ1n) is 7.60. The molecule has 0 atom stereocenters. The second-order valence-corrected chi connectivity index (χ2v) is 5.65. The molecule has 0 heterocycles. The molecule has 2 N–H and O–H groups in total. The number of hydrogen-bond acceptors (Lipinski definition) is 2. The monoisotopic (exact) mass is 262 g/mol. The van der Waals surface area contributed by atoms with E-state index in [1.54, 1.807) is 0 Å². The summed E-state index contributed by atoms with van der Waals surface area (Å²) >= 11 is 0. The highest BCUT2D eigenvalue weighted by Crippen LogP contribution is 2.18. The number of hydrogen-bond donors (Lipinski definition) is 2. The molecule has 0 saturated heterocycles. The summed E-state index contributed by atoms with van der Waals surface area (Å²) in [7, 11) is 2.01. The predicted octanol–water partition coefficient (Wildman–Crippen LogP) is 3.25. The summed E-state index contributed by atoms with van der Waals surface area (Å²) in [6.07, 6.45) is 3.65. The Balaban J connectivity index is 2.30. The van der Waals surface area contributed by atoms with Crippen LogP contribution in [0.5, 0.6) is 0 Å². The van der Waals surface area contributed by atoms with Crippen molar-refractivity contribution < 1.29 is 0 Å². The van der Waals surface area contributed by atoms with Crippen molar-refractivity contribution in [3.63, 3.8) is 0 Å². The van der Waals surface area contributed by atoms with Gasteiger partial charge in [-0.2, -0.15) is 0 Å². The topological polar surface area (TPSA) is 24.1 Å². The van der Waals surface area contributed by atoms with E-state index in [1.807, 2.05) is 7.05 Å². The van der Waals surface area contributed by atoms with E-state index in [4.69, 9.17) is 0 Å². The van der Waals surface area contributed by atoms with Crippen LogP contribution in [0.2, 0.25) is 0 Å². The smallest absolute Gasteiger partial charge is 0.000825 e. The van der Waals surface area contributed by atoms with E-state index in [9.17, 15) is 0 Å². The summed E-state index contributed by atoms with van der Waals surface area (Å²) in [6, 6.07) is 6.90. The molecule has 0 fully saturated rings. The summed E-state index contributed by atoms with van der Waals surface area (Å²) in [5.74, 6) is 0.619. The summed E-state index contributed by atoms with van der Waals surface area (Å²) in [4.78, 5) is 0. The lowest BCUT2D eigenvalue weighted by Gasteiger charge is -2.12. The molecule has 0 unspecified atom stereocenters. The van der Waals surface area contributed by atoms with Gasteiger partial charge in [-0.15, -0.1) is 0 Å². The molecule has 0 bridgehead atoms. The third kappa shape index (κ3) is 6.22. The molecule has 0 amide bonds. The van der Waals surface area contributed by atoms with E-state index in [1.165, 1.54) is 29.5 Å². The number of rotatable bonds is 9. The summed E-state index contributed by atoms with van der Waals surface area (Å²) < 4.78 is 0. The van der Waals surface area contributed by atoms with Crippen molar-refractivity contribution in [2.75, 3.05) is 26.7 Å². The molecule has 0 aromatic heterocycles. The van der Waals surface area contributed by atoms with Gasteiger partial charge in [0.1, 0.15) is 0 Å². The quantitative estimate of drug-likeness (QED) is 0.668. The Hall–Kier alpha value is -0.860. The van der Waals surface area contributed by atoms with Gasteiger partial charge in [-0.25, -0.2) is 0 Å². The minimum Gasteiger partial charge on any atom is -0.320 e. The number of nitrogens with one attached hydrogen (secondary N) is 2. The van der Waals surface area contributed by atoms with Crippen LogP contribution in [0.4, 0.5) is 0 Å². The van der Waals surface area contributed by atoms with E-state index < -0.39 is 0 Å².